The standard InChI is InChI=1S/C19H24N4O/c1-14-9-11-23(12-10-14)19(24)17-7-8-18(22-21-17)20-13-16-6-4-3-5-15(16)2/h3-8,14H,9-13H2,1-2H3,(H,20,22). The average molecular weight is 324 g/mol. The number of piperidine rings is 1. The van der Waals surface area contributed by atoms with Crippen LogP contribution in [0.3, 0.4) is 0 Å². The Morgan fingerprint density at radius 1 is 1.17 bits per heavy atom. The summed E-state index contributed by atoms with van der Waals surface area (Å²) in [7, 11) is 0. The Bertz CT molecular complexity index is 691. The van der Waals surface area contributed by atoms with Gasteiger partial charge < -0.3 is 10.2 Å². The first-order chi connectivity index (χ1) is 11.6. The Balaban J connectivity index is 1.59. The SMILES string of the molecule is Cc1ccccc1CNc1ccc(C(=O)N2CCC(C)CC2)nn1. The molecule has 1 aliphatic heterocycles. The number of aryl methyl sites for hydroxylation is 1. The van der Waals surface area contributed by atoms with Crippen LogP contribution in [0.5, 0.6) is 0 Å². The summed E-state index contributed by atoms with van der Waals surface area (Å²) in [5, 5.41) is 11.5. The van der Waals surface area contributed by atoms with Crippen LogP contribution in [0, 0.1) is 12.8 Å². The van der Waals surface area contributed by atoms with Gasteiger partial charge in [0.2, 0.25) is 0 Å². The fourth-order valence-corrected chi connectivity index (χ4v) is 2.91. The monoisotopic (exact) mass is 324 g/mol. The fourth-order valence-electron chi connectivity index (χ4n) is 2.91. The zero-order valence-electron chi connectivity index (χ0n) is 14.3. The third kappa shape index (κ3) is 3.91. The minimum absolute atomic E-state index is 0.0140. The molecule has 1 N–H and O–H groups in total. The molecule has 126 valence electrons. The first-order valence-electron chi connectivity index (χ1n) is 8.55. The van der Waals surface area contributed by atoms with E-state index in [9.17, 15) is 4.79 Å². The molecule has 1 amide bonds. The summed E-state index contributed by atoms with van der Waals surface area (Å²) in [5.41, 5.74) is 2.89. The van der Waals surface area contributed by atoms with Gasteiger partial charge in [0.25, 0.3) is 5.91 Å². The first kappa shape index (κ1) is 16.4. The summed E-state index contributed by atoms with van der Waals surface area (Å²) in [4.78, 5) is 14.3. The van der Waals surface area contributed by atoms with E-state index in [0.717, 1.165) is 25.9 Å². The summed E-state index contributed by atoms with van der Waals surface area (Å²) in [6, 6.07) is 11.8. The molecule has 0 spiro atoms. The van der Waals surface area contributed by atoms with Crippen LogP contribution in [-0.4, -0.2) is 34.1 Å². The number of nitrogens with zero attached hydrogens (tertiary/aromatic N) is 3. The molecule has 0 bridgehead atoms. The zero-order valence-corrected chi connectivity index (χ0v) is 14.3. The molecular weight excluding hydrogens is 300 g/mol. The third-order valence-corrected chi connectivity index (χ3v) is 4.68. The van der Waals surface area contributed by atoms with Gasteiger partial charge in [0.1, 0.15) is 5.82 Å². The molecule has 5 heteroatoms. The van der Waals surface area contributed by atoms with Gasteiger partial charge in [0.05, 0.1) is 0 Å². The molecule has 1 aromatic heterocycles. The predicted octanol–water partition coefficient (Wildman–Crippen LogP) is 3.27. The largest absolute Gasteiger partial charge is 0.364 e. The van der Waals surface area contributed by atoms with Gasteiger partial charge in [-0.2, -0.15) is 0 Å². The van der Waals surface area contributed by atoms with Crippen molar-refractivity contribution in [3.8, 4) is 0 Å². The van der Waals surface area contributed by atoms with Gasteiger partial charge in [0.15, 0.2) is 5.69 Å². The number of likely N-dealkylation sites (tertiary alicyclic amines) is 1. The topological polar surface area (TPSA) is 58.1 Å². The molecule has 2 aromatic rings. The van der Waals surface area contributed by atoms with Gasteiger partial charge in [-0.15, -0.1) is 10.2 Å². The molecule has 1 saturated heterocycles. The number of hydrogen-bond acceptors (Lipinski definition) is 4. The molecule has 1 fully saturated rings. The summed E-state index contributed by atoms with van der Waals surface area (Å²) in [6.45, 7) is 6.64. The molecule has 0 atom stereocenters. The molecule has 3 rings (SSSR count). The lowest BCUT2D eigenvalue weighted by atomic mass is 9.99. The van der Waals surface area contributed by atoms with Crippen molar-refractivity contribution in [3.05, 3.63) is 53.2 Å². The second kappa shape index (κ2) is 7.43. The van der Waals surface area contributed by atoms with Crippen LogP contribution in [0.1, 0.15) is 41.4 Å². The second-order valence-electron chi connectivity index (χ2n) is 6.56. The maximum atomic E-state index is 12.4. The van der Waals surface area contributed by atoms with Crippen LogP contribution < -0.4 is 5.32 Å². The lowest BCUT2D eigenvalue weighted by Gasteiger charge is -2.29. The maximum Gasteiger partial charge on any atom is 0.274 e. The van der Waals surface area contributed by atoms with Crippen molar-refractivity contribution in [2.75, 3.05) is 18.4 Å². The summed E-state index contributed by atoms with van der Waals surface area (Å²) in [5.74, 6) is 1.37. The Hall–Kier alpha value is -2.43. The number of carbonyl (C=O) groups excluding carboxylic acids is 1. The zero-order chi connectivity index (χ0) is 16.9. The molecule has 0 radical (unpaired) electrons. The van der Waals surface area contributed by atoms with Crippen molar-refractivity contribution in [2.45, 2.75) is 33.2 Å². The van der Waals surface area contributed by atoms with Gasteiger partial charge in [0, 0.05) is 19.6 Å². The molecule has 2 heterocycles. The molecule has 1 aliphatic rings. The van der Waals surface area contributed by atoms with Gasteiger partial charge in [-0.1, -0.05) is 31.2 Å². The van der Waals surface area contributed by atoms with E-state index in [1.165, 1.54) is 11.1 Å². The van der Waals surface area contributed by atoms with Gasteiger partial charge >= 0.3 is 0 Å². The highest BCUT2D eigenvalue weighted by Gasteiger charge is 2.22. The third-order valence-electron chi connectivity index (χ3n) is 4.68. The normalized spacial score (nSPS) is 15.3. The van der Waals surface area contributed by atoms with Gasteiger partial charge in [-0.25, -0.2) is 0 Å². The molecule has 0 aliphatic carbocycles. The average Bonchev–Trinajstić information content (AvgIpc) is 2.62. The number of carbonyl (C=O) groups is 1. The van der Waals surface area contributed by atoms with E-state index in [4.69, 9.17) is 0 Å². The van der Waals surface area contributed by atoms with Crippen LogP contribution in [0.4, 0.5) is 5.82 Å². The van der Waals surface area contributed by atoms with Crippen molar-refractivity contribution in [1.29, 1.82) is 0 Å². The molecule has 0 unspecified atom stereocenters. The summed E-state index contributed by atoms with van der Waals surface area (Å²) >= 11 is 0. The Morgan fingerprint density at radius 2 is 1.92 bits per heavy atom. The Morgan fingerprint density at radius 3 is 2.58 bits per heavy atom. The molecule has 24 heavy (non-hydrogen) atoms. The molecule has 5 nitrogen and oxygen atoms in total. The van der Waals surface area contributed by atoms with E-state index in [-0.39, 0.29) is 5.91 Å². The Labute approximate surface area is 143 Å². The maximum absolute atomic E-state index is 12.4. The van der Waals surface area contributed by atoms with Crippen LogP contribution in [0.25, 0.3) is 0 Å². The molecular formula is C19H24N4O. The smallest absolute Gasteiger partial charge is 0.274 e. The number of rotatable bonds is 4. The van der Waals surface area contributed by atoms with Crippen LogP contribution in [0.15, 0.2) is 36.4 Å². The van der Waals surface area contributed by atoms with Gasteiger partial charge in [-0.3, -0.25) is 4.79 Å². The lowest BCUT2D eigenvalue weighted by Crippen LogP contribution is -2.38. The number of anilines is 1. The van der Waals surface area contributed by atoms with Gasteiger partial charge in [-0.05, 0) is 48.9 Å². The first-order valence-corrected chi connectivity index (χ1v) is 8.55. The summed E-state index contributed by atoms with van der Waals surface area (Å²) < 4.78 is 0. The quantitative estimate of drug-likeness (QED) is 0.938. The van der Waals surface area contributed by atoms with Crippen molar-refractivity contribution in [3.63, 3.8) is 0 Å². The predicted molar refractivity (Wildman–Crippen MR) is 94.8 cm³/mol. The second-order valence-corrected chi connectivity index (χ2v) is 6.56. The van der Waals surface area contributed by atoms with E-state index in [2.05, 4.69) is 41.5 Å². The molecule has 0 saturated carbocycles. The number of benzene rings is 1. The number of hydrogen-bond donors (Lipinski definition) is 1. The molecule has 1 aromatic carbocycles. The van der Waals surface area contributed by atoms with Crippen molar-refractivity contribution < 1.29 is 4.79 Å². The number of aromatic nitrogens is 2. The minimum atomic E-state index is -0.0140. The highest BCUT2D eigenvalue weighted by molar-refractivity contribution is 5.92. The van der Waals surface area contributed by atoms with Crippen molar-refractivity contribution in [2.24, 2.45) is 5.92 Å². The van der Waals surface area contributed by atoms with Crippen LogP contribution in [-0.2, 0) is 6.54 Å². The van der Waals surface area contributed by atoms with E-state index in [1.54, 1.807) is 6.07 Å². The highest BCUT2D eigenvalue weighted by atomic mass is 16.2. The van der Waals surface area contributed by atoms with E-state index in [1.807, 2.05) is 23.1 Å². The Kier molecular flexibility index (Phi) is 5.08. The lowest BCUT2D eigenvalue weighted by molar-refractivity contribution is 0.0690. The van der Waals surface area contributed by atoms with E-state index < -0.39 is 0 Å². The van der Waals surface area contributed by atoms with E-state index in [0.29, 0.717) is 24.0 Å². The fraction of sp³-hybridized carbons (Fsp3) is 0.421. The van der Waals surface area contributed by atoms with Crippen LogP contribution in [0.2, 0.25) is 0 Å². The van der Waals surface area contributed by atoms with Crippen molar-refractivity contribution >= 4 is 11.7 Å². The number of amides is 1. The summed E-state index contributed by atoms with van der Waals surface area (Å²) in [6.07, 6.45) is 2.13. The van der Waals surface area contributed by atoms with Crippen molar-refractivity contribution in [1.82, 2.24) is 15.1 Å². The minimum Gasteiger partial charge on any atom is -0.364 e. The number of nitrogens with one attached hydrogen (secondary N) is 1. The van der Waals surface area contributed by atoms with Crippen LogP contribution >= 0.6 is 0 Å². The van der Waals surface area contributed by atoms with E-state index >= 15 is 0 Å². The highest BCUT2D eigenvalue weighted by Crippen LogP contribution is 2.18.